The third kappa shape index (κ3) is 2.89. The maximum absolute atomic E-state index is 9.38. The van der Waals surface area contributed by atoms with Crippen LogP contribution in [0, 0.1) is 0 Å². The van der Waals surface area contributed by atoms with Crippen molar-refractivity contribution < 1.29 is 10.2 Å². The molecule has 6 heteroatoms. The Morgan fingerprint density at radius 2 is 0.958 bits per heavy atom. The smallest absolute Gasteiger partial charge is 0.152 e. The fraction of sp³-hybridized carbons (Fsp3) is 0. The van der Waals surface area contributed by atoms with Crippen LogP contribution in [0.25, 0.3) is 30.9 Å². The Hall–Kier alpha value is -2.70. The summed E-state index contributed by atoms with van der Waals surface area (Å²) in [6, 6.07) is 14.2. The lowest BCUT2D eigenvalue weighted by Gasteiger charge is -1.96. The topological polar surface area (TPSA) is 66.2 Å². The summed E-state index contributed by atoms with van der Waals surface area (Å²) in [6.07, 6.45) is 3.65. The van der Waals surface area contributed by atoms with Crippen molar-refractivity contribution >= 4 is 22.7 Å². The van der Waals surface area contributed by atoms with Gasteiger partial charge < -0.3 is 10.2 Å². The summed E-state index contributed by atoms with van der Waals surface area (Å²) in [4.78, 5) is 11.0. The van der Waals surface area contributed by atoms with Crippen molar-refractivity contribution in [2.24, 2.45) is 0 Å². The van der Waals surface area contributed by atoms with E-state index in [2.05, 4.69) is 9.97 Å². The summed E-state index contributed by atoms with van der Waals surface area (Å²) in [5.41, 5.74) is 2.04. The maximum Gasteiger partial charge on any atom is 0.152 e. The predicted molar refractivity (Wildman–Crippen MR) is 97.4 cm³/mol. The van der Waals surface area contributed by atoms with Crippen LogP contribution in [0.3, 0.4) is 0 Å². The summed E-state index contributed by atoms with van der Waals surface area (Å²) in [5, 5.41) is 20.5. The monoisotopic (exact) mass is 352 g/mol. The molecule has 4 rings (SSSR count). The second kappa shape index (κ2) is 6.07. The molecular formula is C18H12N2O2S2. The highest BCUT2D eigenvalue weighted by Crippen LogP contribution is 2.37. The molecule has 0 aliphatic carbocycles. The highest BCUT2D eigenvalue weighted by Gasteiger charge is 2.11. The quantitative estimate of drug-likeness (QED) is 0.544. The minimum absolute atomic E-state index is 0.252. The third-order valence-corrected chi connectivity index (χ3v) is 5.73. The molecule has 0 radical (unpaired) electrons. The number of nitrogens with zero attached hydrogens (tertiary/aromatic N) is 2. The summed E-state index contributed by atoms with van der Waals surface area (Å²) < 4.78 is 0. The van der Waals surface area contributed by atoms with E-state index in [9.17, 15) is 10.2 Å². The number of hydrogen-bond acceptors (Lipinski definition) is 6. The number of phenols is 2. The molecule has 4 nitrogen and oxygen atoms in total. The second-order valence-corrected chi connectivity index (χ2v) is 7.21. The molecule has 2 aromatic heterocycles. The highest BCUT2D eigenvalue weighted by molar-refractivity contribution is 7.24. The fourth-order valence-electron chi connectivity index (χ4n) is 2.26. The molecule has 4 aromatic rings. The Kier molecular flexibility index (Phi) is 3.76. The van der Waals surface area contributed by atoms with Crippen LogP contribution in [0.5, 0.6) is 11.5 Å². The van der Waals surface area contributed by atoms with Gasteiger partial charge in [0, 0.05) is 12.4 Å². The summed E-state index contributed by atoms with van der Waals surface area (Å²) in [6.45, 7) is 0. The average molecular weight is 352 g/mol. The number of rotatable bonds is 3. The van der Waals surface area contributed by atoms with E-state index in [1.54, 1.807) is 46.9 Å². The maximum atomic E-state index is 9.38. The zero-order valence-corrected chi connectivity index (χ0v) is 14.0. The average Bonchev–Trinajstić information content (AvgIpc) is 3.25. The van der Waals surface area contributed by atoms with Gasteiger partial charge in [0.1, 0.15) is 11.5 Å². The Morgan fingerprint density at radius 1 is 0.583 bits per heavy atom. The molecule has 0 fully saturated rings. The van der Waals surface area contributed by atoms with Crippen LogP contribution in [-0.2, 0) is 0 Å². The van der Waals surface area contributed by atoms with Crippen LogP contribution < -0.4 is 0 Å². The SMILES string of the molecule is Oc1ccc(-c2cnc(-c3ncc(-c4ccc(O)cc4)s3)s2)cc1. The van der Waals surface area contributed by atoms with Crippen LogP contribution in [0.4, 0.5) is 0 Å². The second-order valence-electron chi connectivity index (χ2n) is 5.15. The minimum Gasteiger partial charge on any atom is -0.508 e. The molecule has 24 heavy (non-hydrogen) atoms. The molecule has 118 valence electrons. The van der Waals surface area contributed by atoms with Crippen molar-refractivity contribution in [3.8, 4) is 42.4 Å². The summed E-state index contributed by atoms with van der Waals surface area (Å²) in [7, 11) is 0. The standard InChI is InChI=1S/C18H12N2O2S2/c21-13-5-1-11(2-6-13)15-9-19-17(23-15)18-20-10-16(24-18)12-3-7-14(22)8-4-12/h1-10,21-22H. The van der Waals surface area contributed by atoms with Gasteiger partial charge in [0.25, 0.3) is 0 Å². The number of hydrogen-bond donors (Lipinski definition) is 2. The molecule has 0 spiro atoms. The highest BCUT2D eigenvalue weighted by atomic mass is 32.1. The van der Waals surface area contributed by atoms with Gasteiger partial charge in [0.2, 0.25) is 0 Å². The Bertz CT molecular complexity index is 891. The fourth-order valence-corrected chi connectivity index (χ4v) is 4.14. The van der Waals surface area contributed by atoms with E-state index in [4.69, 9.17) is 0 Å². The molecule has 0 aliphatic rings. The van der Waals surface area contributed by atoms with Crippen molar-refractivity contribution in [1.82, 2.24) is 9.97 Å². The predicted octanol–water partition coefficient (Wildman–Crippen LogP) is 5.01. The lowest BCUT2D eigenvalue weighted by atomic mass is 10.2. The number of aromatic hydroxyl groups is 2. The third-order valence-electron chi connectivity index (χ3n) is 3.50. The van der Waals surface area contributed by atoms with E-state index in [1.165, 1.54) is 0 Å². The van der Waals surface area contributed by atoms with Gasteiger partial charge >= 0.3 is 0 Å². The molecule has 0 unspecified atom stereocenters. The number of phenolic OH excluding ortho intramolecular Hbond substituents is 2. The van der Waals surface area contributed by atoms with E-state index < -0.39 is 0 Å². The van der Waals surface area contributed by atoms with Gasteiger partial charge in [0.05, 0.1) is 9.75 Å². The Morgan fingerprint density at radius 3 is 1.33 bits per heavy atom. The molecule has 0 amide bonds. The van der Waals surface area contributed by atoms with Gasteiger partial charge in [0.15, 0.2) is 10.0 Å². The van der Waals surface area contributed by atoms with Gasteiger partial charge in [-0.15, -0.1) is 22.7 Å². The van der Waals surface area contributed by atoms with Gasteiger partial charge in [-0.25, -0.2) is 9.97 Å². The number of benzene rings is 2. The zero-order chi connectivity index (χ0) is 16.5. The lowest BCUT2D eigenvalue weighted by molar-refractivity contribution is 0.475. The van der Waals surface area contributed by atoms with E-state index in [0.717, 1.165) is 30.9 Å². The van der Waals surface area contributed by atoms with E-state index in [-0.39, 0.29) is 11.5 Å². The first-order valence-corrected chi connectivity index (χ1v) is 8.83. The molecular weight excluding hydrogens is 340 g/mol. The molecule has 0 saturated heterocycles. The Balaban J connectivity index is 1.63. The molecule has 0 saturated carbocycles. The minimum atomic E-state index is 0.252. The zero-order valence-electron chi connectivity index (χ0n) is 12.4. The first-order chi connectivity index (χ1) is 11.7. The molecule has 0 aliphatic heterocycles. The lowest BCUT2D eigenvalue weighted by Crippen LogP contribution is -1.70. The van der Waals surface area contributed by atoms with Crippen LogP contribution >= 0.6 is 22.7 Å². The van der Waals surface area contributed by atoms with Crippen LogP contribution in [0.1, 0.15) is 0 Å². The van der Waals surface area contributed by atoms with Gasteiger partial charge in [-0.1, -0.05) is 0 Å². The van der Waals surface area contributed by atoms with Crippen LogP contribution in [0.2, 0.25) is 0 Å². The number of thiazole rings is 2. The largest absolute Gasteiger partial charge is 0.508 e. The van der Waals surface area contributed by atoms with Gasteiger partial charge in [-0.3, -0.25) is 0 Å². The van der Waals surface area contributed by atoms with Crippen LogP contribution in [-0.4, -0.2) is 20.2 Å². The molecule has 0 bridgehead atoms. The summed E-state index contributed by atoms with van der Waals surface area (Å²) in [5.74, 6) is 0.504. The molecule has 2 aromatic carbocycles. The van der Waals surface area contributed by atoms with Crippen molar-refractivity contribution in [1.29, 1.82) is 0 Å². The number of aromatic nitrogens is 2. The van der Waals surface area contributed by atoms with Crippen LogP contribution in [0.15, 0.2) is 60.9 Å². The normalized spacial score (nSPS) is 10.8. The van der Waals surface area contributed by atoms with E-state index in [0.29, 0.717) is 0 Å². The van der Waals surface area contributed by atoms with Crippen molar-refractivity contribution in [3.63, 3.8) is 0 Å². The van der Waals surface area contributed by atoms with Crippen molar-refractivity contribution in [2.75, 3.05) is 0 Å². The van der Waals surface area contributed by atoms with Crippen molar-refractivity contribution in [2.45, 2.75) is 0 Å². The van der Waals surface area contributed by atoms with Gasteiger partial charge in [-0.2, -0.15) is 0 Å². The van der Waals surface area contributed by atoms with E-state index >= 15 is 0 Å². The Labute approximate surface area is 146 Å². The van der Waals surface area contributed by atoms with E-state index in [1.807, 2.05) is 36.7 Å². The van der Waals surface area contributed by atoms with Gasteiger partial charge in [-0.05, 0) is 59.7 Å². The first-order valence-electron chi connectivity index (χ1n) is 7.20. The summed E-state index contributed by atoms with van der Waals surface area (Å²) >= 11 is 3.14. The molecule has 2 N–H and O–H groups in total. The molecule has 0 atom stereocenters. The van der Waals surface area contributed by atoms with Crippen molar-refractivity contribution in [3.05, 3.63) is 60.9 Å². The first kappa shape index (κ1) is 14.9. The molecule has 2 heterocycles.